The highest BCUT2D eigenvalue weighted by atomic mass is 32.2. The van der Waals surface area contributed by atoms with Crippen LogP contribution in [-0.2, 0) is 10.0 Å². The minimum atomic E-state index is -3.66. The number of aryl methyl sites for hydroxylation is 2. The van der Waals surface area contributed by atoms with Crippen LogP contribution in [0.2, 0.25) is 0 Å². The van der Waals surface area contributed by atoms with E-state index < -0.39 is 10.0 Å². The van der Waals surface area contributed by atoms with Gasteiger partial charge in [-0.25, -0.2) is 4.98 Å². The van der Waals surface area contributed by atoms with Crippen LogP contribution in [0.4, 0.5) is 5.69 Å². The van der Waals surface area contributed by atoms with E-state index in [0.29, 0.717) is 17.3 Å². The summed E-state index contributed by atoms with van der Waals surface area (Å²) in [6.45, 7) is 7.39. The summed E-state index contributed by atoms with van der Waals surface area (Å²) in [5, 5.41) is 0.0434. The molecule has 1 aromatic carbocycles. The van der Waals surface area contributed by atoms with Crippen LogP contribution >= 0.6 is 0 Å². The minimum Gasteiger partial charge on any atom is -0.491 e. The highest BCUT2D eigenvalue weighted by molar-refractivity contribution is 7.92. The van der Waals surface area contributed by atoms with Crippen molar-refractivity contribution in [2.75, 3.05) is 4.72 Å². The molecule has 1 heterocycles. The molecule has 0 unspecified atom stereocenters. The van der Waals surface area contributed by atoms with Gasteiger partial charge in [-0.1, -0.05) is 0 Å². The molecule has 0 radical (unpaired) electrons. The Hall–Kier alpha value is -2.02. The van der Waals surface area contributed by atoms with Gasteiger partial charge < -0.3 is 9.72 Å². The van der Waals surface area contributed by atoms with Gasteiger partial charge in [0.2, 0.25) is 0 Å². The molecule has 0 fully saturated rings. The zero-order valence-electron chi connectivity index (χ0n) is 12.5. The fraction of sp³-hybridized carbons (Fsp3) is 0.357. The fourth-order valence-electron chi connectivity index (χ4n) is 1.83. The van der Waals surface area contributed by atoms with Gasteiger partial charge in [0.05, 0.1) is 18.0 Å². The first kappa shape index (κ1) is 15.4. The predicted molar refractivity (Wildman–Crippen MR) is 81.1 cm³/mol. The van der Waals surface area contributed by atoms with E-state index in [-0.39, 0.29) is 11.1 Å². The number of ether oxygens (including phenoxy) is 1. The van der Waals surface area contributed by atoms with Crippen LogP contribution in [0, 0.1) is 13.8 Å². The number of imidazole rings is 1. The molecule has 0 atom stereocenters. The zero-order valence-corrected chi connectivity index (χ0v) is 13.3. The molecule has 0 saturated heterocycles. The maximum Gasteiger partial charge on any atom is 0.278 e. The standard InChI is InChI=1S/C14H19N3O3S/c1-9(2)20-12-5-6-13(10(3)7-12)17-21(18,19)14-8-15-11(4)16-14/h5-9,17H,1-4H3,(H,15,16). The van der Waals surface area contributed by atoms with E-state index in [0.717, 1.165) is 5.56 Å². The minimum absolute atomic E-state index is 0.0434. The number of nitrogens with zero attached hydrogens (tertiary/aromatic N) is 1. The first-order valence-corrected chi connectivity index (χ1v) is 8.08. The highest BCUT2D eigenvalue weighted by Gasteiger charge is 2.17. The van der Waals surface area contributed by atoms with Gasteiger partial charge in [0, 0.05) is 0 Å². The number of benzene rings is 1. The molecule has 2 rings (SSSR count). The summed E-state index contributed by atoms with van der Waals surface area (Å²) in [5.74, 6) is 1.26. The SMILES string of the molecule is Cc1ncc(S(=O)(=O)Nc2ccc(OC(C)C)cc2C)[nH]1. The first-order valence-electron chi connectivity index (χ1n) is 6.59. The van der Waals surface area contributed by atoms with Crippen molar-refractivity contribution in [1.29, 1.82) is 0 Å². The zero-order chi connectivity index (χ0) is 15.6. The van der Waals surface area contributed by atoms with Crippen LogP contribution in [0.3, 0.4) is 0 Å². The van der Waals surface area contributed by atoms with Gasteiger partial charge in [-0.3, -0.25) is 4.72 Å². The topological polar surface area (TPSA) is 84.1 Å². The smallest absolute Gasteiger partial charge is 0.278 e. The Bertz CT molecular complexity index is 736. The molecule has 0 spiro atoms. The average Bonchev–Trinajstić information content (AvgIpc) is 2.79. The Balaban J connectivity index is 2.23. The molecule has 114 valence electrons. The van der Waals surface area contributed by atoms with Crippen LogP contribution in [0.25, 0.3) is 0 Å². The number of hydrogen-bond acceptors (Lipinski definition) is 4. The molecular formula is C14H19N3O3S. The second kappa shape index (κ2) is 5.77. The third-order valence-electron chi connectivity index (χ3n) is 2.78. The van der Waals surface area contributed by atoms with Crippen LogP contribution < -0.4 is 9.46 Å². The largest absolute Gasteiger partial charge is 0.491 e. The van der Waals surface area contributed by atoms with Gasteiger partial charge in [0.25, 0.3) is 10.0 Å². The Morgan fingerprint density at radius 1 is 1.29 bits per heavy atom. The lowest BCUT2D eigenvalue weighted by Crippen LogP contribution is -2.14. The van der Waals surface area contributed by atoms with E-state index in [9.17, 15) is 8.42 Å². The van der Waals surface area contributed by atoms with E-state index in [2.05, 4.69) is 14.7 Å². The number of anilines is 1. The van der Waals surface area contributed by atoms with Crippen LogP contribution in [0.5, 0.6) is 5.75 Å². The van der Waals surface area contributed by atoms with E-state index in [1.165, 1.54) is 6.20 Å². The lowest BCUT2D eigenvalue weighted by Gasteiger charge is -2.13. The molecule has 0 amide bonds. The molecule has 2 aromatic rings. The molecule has 0 saturated carbocycles. The van der Waals surface area contributed by atoms with E-state index in [4.69, 9.17) is 4.74 Å². The summed E-state index contributed by atoms with van der Waals surface area (Å²) in [6.07, 6.45) is 1.36. The second-order valence-electron chi connectivity index (χ2n) is 5.08. The maximum absolute atomic E-state index is 12.2. The molecule has 0 aliphatic carbocycles. The van der Waals surface area contributed by atoms with Crippen molar-refractivity contribution in [1.82, 2.24) is 9.97 Å². The first-order chi connectivity index (χ1) is 9.78. The predicted octanol–water partition coefficient (Wildman–Crippen LogP) is 2.61. The van der Waals surface area contributed by atoms with Crippen molar-refractivity contribution < 1.29 is 13.2 Å². The number of H-pyrrole nitrogens is 1. The number of nitrogens with one attached hydrogen (secondary N) is 2. The Morgan fingerprint density at radius 2 is 2.00 bits per heavy atom. The quantitative estimate of drug-likeness (QED) is 0.889. The van der Waals surface area contributed by atoms with Crippen molar-refractivity contribution in [3.05, 3.63) is 35.8 Å². The van der Waals surface area contributed by atoms with Crippen LogP contribution in [0.15, 0.2) is 29.4 Å². The molecule has 1 aromatic heterocycles. The summed E-state index contributed by atoms with van der Waals surface area (Å²) in [5.41, 5.74) is 1.30. The van der Waals surface area contributed by atoms with E-state index >= 15 is 0 Å². The van der Waals surface area contributed by atoms with Crippen LogP contribution in [-0.4, -0.2) is 24.5 Å². The number of aromatic nitrogens is 2. The monoisotopic (exact) mass is 309 g/mol. The Morgan fingerprint density at radius 3 is 2.52 bits per heavy atom. The highest BCUT2D eigenvalue weighted by Crippen LogP contribution is 2.24. The molecule has 0 aliphatic rings. The van der Waals surface area contributed by atoms with E-state index in [1.807, 2.05) is 20.8 Å². The van der Waals surface area contributed by atoms with Gasteiger partial charge >= 0.3 is 0 Å². The molecule has 0 aliphatic heterocycles. The third-order valence-corrected chi connectivity index (χ3v) is 4.06. The fourth-order valence-corrected chi connectivity index (χ4v) is 2.93. The lowest BCUT2D eigenvalue weighted by molar-refractivity contribution is 0.242. The second-order valence-corrected chi connectivity index (χ2v) is 6.73. The van der Waals surface area contributed by atoms with Crippen molar-refractivity contribution in [3.8, 4) is 5.75 Å². The summed E-state index contributed by atoms with van der Waals surface area (Å²) in [7, 11) is -3.66. The van der Waals surface area contributed by atoms with Gasteiger partial charge in [-0.05, 0) is 51.5 Å². The van der Waals surface area contributed by atoms with Gasteiger partial charge in [-0.2, -0.15) is 8.42 Å². The summed E-state index contributed by atoms with van der Waals surface area (Å²) < 4.78 is 32.5. The molecule has 7 heteroatoms. The number of rotatable bonds is 5. The normalized spacial score (nSPS) is 11.7. The van der Waals surface area contributed by atoms with Crippen molar-refractivity contribution in [2.45, 2.75) is 38.8 Å². The van der Waals surface area contributed by atoms with Crippen molar-refractivity contribution >= 4 is 15.7 Å². The summed E-state index contributed by atoms with van der Waals surface area (Å²) in [4.78, 5) is 6.61. The summed E-state index contributed by atoms with van der Waals surface area (Å²) >= 11 is 0. The van der Waals surface area contributed by atoms with Gasteiger partial charge in [0.15, 0.2) is 5.03 Å². The Labute approximate surface area is 124 Å². The van der Waals surface area contributed by atoms with Gasteiger partial charge in [0.1, 0.15) is 11.6 Å². The number of hydrogen-bond donors (Lipinski definition) is 2. The molecule has 6 nitrogen and oxygen atoms in total. The van der Waals surface area contributed by atoms with E-state index in [1.54, 1.807) is 25.1 Å². The Kier molecular flexibility index (Phi) is 4.22. The van der Waals surface area contributed by atoms with Crippen LogP contribution in [0.1, 0.15) is 25.2 Å². The third kappa shape index (κ3) is 3.75. The van der Waals surface area contributed by atoms with Crippen molar-refractivity contribution in [3.63, 3.8) is 0 Å². The average molecular weight is 309 g/mol. The maximum atomic E-state index is 12.2. The molecule has 2 N–H and O–H groups in total. The lowest BCUT2D eigenvalue weighted by atomic mass is 10.2. The molecule has 0 bridgehead atoms. The molecular weight excluding hydrogens is 290 g/mol. The van der Waals surface area contributed by atoms with Gasteiger partial charge in [-0.15, -0.1) is 0 Å². The van der Waals surface area contributed by atoms with Crippen molar-refractivity contribution in [2.24, 2.45) is 0 Å². The molecule has 21 heavy (non-hydrogen) atoms. The summed E-state index contributed by atoms with van der Waals surface area (Å²) in [6, 6.07) is 5.23. The number of sulfonamides is 1. The number of aromatic amines is 1.